The predicted molar refractivity (Wildman–Crippen MR) is 55.5 cm³/mol. The molecule has 0 saturated carbocycles. The molecule has 0 saturated heterocycles. The van der Waals surface area contributed by atoms with E-state index in [2.05, 4.69) is 45.0 Å². The van der Waals surface area contributed by atoms with E-state index in [-0.39, 0.29) is 0 Å². The van der Waals surface area contributed by atoms with Gasteiger partial charge in [-0.15, -0.1) is 0 Å². The summed E-state index contributed by atoms with van der Waals surface area (Å²) >= 11 is 0. The fourth-order valence-electron chi connectivity index (χ4n) is 1.44. The van der Waals surface area contributed by atoms with Gasteiger partial charge in [0.15, 0.2) is 0 Å². The first-order valence-corrected chi connectivity index (χ1v) is 4.87. The fourth-order valence-corrected chi connectivity index (χ4v) is 1.44. The van der Waals surface area contributed by atoms with Crippen molar-refractivity contribution < 1.29 is 0 Å². The van der Waals surface area contributed by atoms with Crippen molar-refractivity contribution in [3.8, 4) is 0 Å². The van der Waals surface area contributed by atoms with Crippen molar-refractivity contribution in [2.45, 2.75) is 39.8 Å². The summed E-state index contributed by atoms with van der Waals surface area (Å²) in [7, 11) is 4.22. The highest BCUT2D eigenvalue weighted by Crippen LogP contribution is 2.10. The second kappa shape index (κ2) is 5.55. The molecule has 1 N–H and O–H groups in total. The highest BCUT2D eigenvalue weighted by Gasteiger charge is 2.19. The van der Waals surface area contributed by atoms with Gasteiger partial charge >= 0.3 is 0 Å². The highest BCUT2D eigenvalue weighted by atomic mass is 15.2. The standard InChI is InChI=1S/C10H24N2/c1-8(2)10(7-11-5)12(6)9(3)4/h8-11H,7H2,1-6H3. The Hall–Kier alpha value is -0.0800. The van der Waals surface area contributed by atoms with E-state index in [1.54, 1.807) is 0 Å². The summed E-state index contributed by atoms with van der Waals surface area (Å²) in [6.07, 6.45) is 0. The molecule has 0 aromatic heterocycles. The lowest BCUT2D eigenvalue weighted by molar-refractivity contribution is 0.152. The van der Waals surface area contributed by atoms with Gasteiger partial charge in [0.25, 0.3) is 0 Å². The molecule has 2 nitrogen and oxygen atoms in total. The monoisotopic (exact) mass is 172 g/mol. The molecule has 0 aliphatic carbocycles. The van der Waals surface area contributed by atoms with E-state index in [9.17, 15) is 0 Å². The summed E-state index contributed by atoms with van der Waals surface area (Å²) in [5.74, 6) is 0.713. The van der Waals surface area contributed by atoms with Crippen LogP contribution in [-0.2, 0) is 0 Å². The van der Waals surface area contributed by atoms with Crippen LogP contribution in [-0.4, -0.2) is 37.6 Å². The molecular formula is C10H24N2. The molecule has 0 aromatic rings. The van der Waals surface area contributed by atoms with E-state index in [4.69, 9.17) is 0 Å². The smallest absolute Gasteiger partial charge is 0.0243 e. The van der Waals surface area contributed by atoms with Crippen LogP contribution in [0.15, 0.2) is 0 Å². The van der Waals surface area contributed by atoms with Gasteiger partial charge in [-0.05, 0) is 33.9 Å². The van der Waals surface area contributed by atoms with Gasteiger partial charge in [-0.25, -0.2) is 0 Å². The molecule has 1 unspecified atom stereocenters. The lowest BCUT2D eigenvalue weighted by atomic mass is 10.0. The molecule has 0 heterocycles. The van der Waals surface area contributed by atoms with Crippen LogP contribution >= 0.6 is 0 Å². The zero-order valence-corrected chi connectivity index (χ0v) is 9.39. The molecule has 0 spiro atoms. The molecular weight excluding hydrogens is 148 g/mol. The molecule has 0 radical (unpaired) electrons. The van der Waals surface area contributed by atoms with Crippen LogP contribution in [0.5, 0.6) is 0 Å². The van der Waals surface area contributed by atoms with Crippen molar-refractivity contribution in [1.82, 2.24) is 10.2 Å². The van der Waals surface area contributed by atoms with Crippen LogP contribution in [0.4, 0.5) is 0 Å². The Morgan fingerprint density at radius 1 is 1.17 bits per heavy atom. The average molecular weight is 172 g/mol. The van der Waals surface area contributed by atoms with Gasteiger partial charge in [-0.1, -0.05) is 13.8 Å². The molecule has 0 rings (SSSR count). The molecule has 1 atom stereocenters. The van der Waals surface area contributed by atoms with E-state index in [0.717, 1.165) is 6.54 Å². The van der Waals surface area contributed by atoms with Crippen LogP contribution < -0.4 is 5.32 Å². The normalized spacial score (nSPS) is 14.8. The first kappa shape index (κ1) is 11.9. The number of nitrogens with one attached hydrogen (secondary N) is 1. The third kappa shape index (κ3) is 3.55. The SMILES string of the molecule is CNCC(C(C)C)N(C)C(C)C. The second-order valence-corrected chi connectivity index (χ2v) is 4.13. The summed E-state index contributed by atoms with van der Waals surface area (Å²) < 4.78 is 0. The first-order valence-electron chi connectivity index (χ1n) is 4.87. The lowest BCUT2D eigenvalue weighted by Gasteiger charge is -2.34. The van der Waals surface area contributed by atoms with Crippen LogP contribution in [0, 0.1) is 5.92 Å². The molecule has 2 heteroatoms. The zero-order valence-electron chi connectivity index (χ0n) is 9.39. The molecule has 0 fully saturated rings. The van der Waals surface area contributed by atoms with E-state index >= 15 is 0 Å². The van der Waals surface area contributed by atoms with Gasteiger partial charge in [0.05, 0.1) is 0 Å². The lowest BCUT2D eigenvalue weighted by Crippen LogP contribution is -2.45. The molecule has 0 amide bonds. The Labute approximate surface area is 77.3 Å². The van der Waals surface area contributed by atoms with Crippen molar-refractivity contribution in [2.24, 2.45) is 5.92 Å². The van der Waals surface area contributed by atoms with Crippen molar-refractivity contribution in [3.05, 3.63) is 0 Å². The van der Waals surface area contributed by atoms with Crippen LogP contribution in [0.2, 0.25) is 0 Å². The molecule has 0 aliphatic heterocycles. The van der Waals surface area contributed by atoms with Gasteiger partial charge in [-0.3, -0.25) is 4.90 Å². The Morgan fingerprint density at radius 2 is 1.67 bits per heavy atom. The van der Waals surface area contributed by atoms with Crippen LogP contribution in [0.1, 0.15) is 27.7 Å². The van der Waals surface area contributed by atoms with Crippen LogP contribution in [0.25, 0.3) is 0 Å². The number of likely N-dealkylation sites (N-methyl/N-ethyl adjacent to an activating group) is 2. The third-order valence-electron chi connectivity index (χ3n) is 2.52. The maximum absolute atomic E-state index is 3.24. The molecule has 0 bridgehead atoms. The number of hydrogen-bond acceptors (Lipinski definition) is 2. The topological polar surface area (TPSA) is 15.3 Å². The molecule has 74 valence electrons. The highest BCUT2D eigenvalue weighted by molar-refractivity contribution is 4.76. The van der Waals surface area contributed by atoms with Crippen LogP contribution in [0.3, 0.4) is 0 Å². The van der Waals surface area contributed by atoms with Crippen molar-refractivity contribution in [3.63, 3.8) is 0 Å². The zero-order chi connectivity index (χ0) is 9.72. The predicted octanol–water partition coefficient (Wildman–Crippen LogP) is 1.57. The Bertz CT molecular complexity index is 110. The van der Waals surface area contributed by atoms with Crippen molar-refractivity contribution >= 4 is 0 Å². The summed E-state index contributed by atoms with van der Waals surface area (Å²) in [6, 6.07) is 1.28. The Balaban J connectivity index is 4.09. The van der Waals surface area contributed by atoms with E-state index < -0.39 is 0 Å². The maximum atomic E-state index is 3.24. The van der Waals surface area contributed by atoms with Gasteiger partial charge in [0, 0.05) is 18.6 Å². The Kier molecular flexibility index (Phi) is 5.51. The quantitative estimate of drug-likeness (QED) is 0.677. The molecule has 0 aromatic carbocycles. The summed E-state index contributed by atoms with van der Waals surface area (Å²) in [4.78, 5) is 2.43. The number of hydrogen-bond donors (Lipinski definition) is 1. The van der Waals surface area contributed by atoms with Gasteiger partial charge in [0.2, 0.25) is 0 Å². The number of rotatable bonds is 5. The first-order chi connectivity index (χ1) is 5.50. The minimum atomic E-state index is 0.630. The van der Waals surface area contributed by atoms with E-state index in [0.29, 0.717) is 18.0 Å². The summed E-state index contributed by atoms with van der Waals surface area (Å²) in [5.41, 5.74) is 0. The summed E-state index contributed by atoms with van der Waals surface area (Å²) in [5, 5.41) is 3.24. The largest absolute Gasteiger partial charge is 0.318 e. The minimum absolute atomic E-state index is 0.630. The maximum Gasteiger partial charge on any atom is 0.0243 e. The minimum Gasteiger partial charge on any atom is -0.318 e. The second-order valence-electron chi connectivity index (χ2n) is 4.13. The van der Waals surface area contributed by atoms with E-state index in [1.165, 1.54) is 0 Å². The van der Waals surface area contributed by atoms with Gasteiger partial charge in [0.1, 0.15) is 0 Å². The van der Waals surface area contributed by atoms with Gasteiger partial charge in [-0.2, -0.15) is 0 Å². The molecule has 12 heavy (non-hydrogen) atoms. The number of nitrogens with zero attached hydrogens (tertiary/aromatic N) is 1. The Morgan fingerprint density at radius 3 is 1.92 bits per heavy atom. The molecule has 0 aliphatic rings. The van der Waals surface area contributed by atoms with E-state index in [1.807, 2.05) is 7.05 Å². The summed E-state index contributed by atoms with van der Waals surface area (Å²) in [6.45, 7) is 10.1. The van der Waals surface area contributed by atoms with Gasteiger partial charge < -0.3 is 5.32 Å². The fraction of sp³-hybridized carbons (Fsp3) is 1.00. The average Bonchev–Trinajstić information content (AvgIpc) is 1.98. The van der Waals surface area contributed by atoms with Crippen molar-refractivity contribution in [1.29, 1.82) is 0 Å². The van der Waals surface area contributed by atoms with Crippen molar-refractivity contribution in [2.75, 3.05) is 20.6 Å². The third-order valence-corrected chi connectivity index (χ3v) is 2.52.